The number of hydrogen-bond acceptors (Lipinski definition) is 5. The van der Waals surface area contributed by atoms with Crippen molar-refractivity contribution in [1.82, 2.24) is 14.8 Å². The minimum Gasteiger partial charge on any atom is -0.448 e. The molecule has 7 heteroatoms. The Morgan fingerprint density at radius 3 is 2.71 bits per heavy atom. The minimum absolute atomic E-state index is 0.114. The average Bonchev–Trinajstić information content (AvgIpc) is 3.11. The highest BCUT2D eigenvalue weighted by atomic mass is 16.6. The van der Waals surface area contributed by atoms with E-state index in [0.29, 0.717) is 43.9 Å². The first kappa shape index (κ1) is 16.8. The Labute approximate surface area is 141 Å². The Morgan fingerprint density at radius 2 is 2.12 bits per heavy atom. The van der Waals surface area contributed by atoms with Crippen molar-refractivity contribution in [3.63, 3.8) is 0 Å². The quantitative estimate of drug-likeness (QED) is 0.845. The standard InChI is InChI=1S/C17H25N3O4/c1-4-5-12(2)20-10-17(24-16(20)22)6-8-19(9-7-17)15(21)14-13(3)23-11-18-14/h11-12H,4-10H2,1-3H3. The molecule has 3 heterocycles. The number of aromatic nitrogens is 1. The highest BCUT2D eigenvalue weighted by Gasteiger charge is 2.48. The minimum atomic E-state index is -0.450. The molecule has 0 aromatic carbocycles. The summed E-state index contributed by atoms with van der Waals surface area (Å²) in [4.78, 5) is 32.3. The molecule has 0 radical (unpaired) electrons. The SMILES string of the molecule is CCCC(C)N1CC2(CCN(C(=O)c3ncoc3C)CC2)OC1=O. The van der Waals surface area contributed by atoms with E-state index in [4.69, 9.17) is 9.15 Å². The van der Waals surface area contributed by atoms with Crippen LogP contribution in [0, 0.1) is 6.92 Å². The van der Waals surface area contributed by atoms with Crippen LogP contribution in [0.5, 0.6) is 0 Å². The van der Waals surface area contributed by atoms with Gasteiger partial charge in [-0.05, 0) is 20.3 Å². The zero-order valence-corrected chi connectivity index (χ0v) is 14.6. The second-order valence-corrected chi connectivity index (χ2v) is 6.87. The van der Waals surface area contributed by atoms with Crippen LogP contribution in [0.2, 0.25) is 0 Å². The van der Waals surface area contributed by atoms with Crippen LogP contribution < -0.4 is 0 Å². The number of piperidine rings is 1. The van der Waals surface area contributed by atoms with Crippen molar-refractivity contribution >= 4 is 12.0 Å². The fraction of sp³-hybridized carbons (Fsp3) is 0.706. The molecule has 2 fully saturated rings. The molecule has 7 nitrogen and oxygen atoms in total. The molecule has 0 bridgehead atoms. The summed E-state index contributed by atoms with van der Waals surface area (Å²) in [6.45, 7) is 7.66. The van der Waals surface area contributed by atoms with Crippen LogP contribution in [0.4, 0.5) is 4.79 Å². The van der Waals surface area contributed by atoms with Crippen molar-refractivity contribution in [3.8, 4) is 0 Å². The molecule has 132 valence electrons. The van der Waals surface area contributed by atoms with Gasteiger partial charge in [-0.2, -0.15) is 0 Å². The van der Waals surface area contributed by atoms with Crippen LogP contribution in [-0.4, -0.2) is 58.1 Å². The number of carbonyl (C=O) groups excluding carboxylic acids is 2. The van der Waals surface area contributed by atoms with Crippen LogP contribution in [-0.2, 0) is 4.74 Å². The lowest BCUT2D eigenvalue weighted by atomic mass is 9.90. The first-order chi connectivity index (χ1) is 11.5. The Kier molecular flexibility index (Phi) is 4.51. The Hall–Kier alpha value is -2.05. The lowest BCUT2D eigenvalue weighted by Crippen LogP contribution is -2.49. The zero-order valence-electron chi connectivity index (χ0n) is 14.6. The van der Waals surface area contributed by atoms with E-state index < -0.39 is 5.60 Å². The second kappa shape index (κ2) is 6.45. The van der Waals surface area contributed by atoms with Gasteiger partial charge in [-0.15, -0.1) is 0 Å². The lowest BCUT2D eigenvalue weighted by Gasteiger charge is -2.37. The second-order valence-electron chi connectivity index (χ2n) is 6.87. The number of amides is 2. The Bertz CT molecular complexity index is 619. The number of likely N-dealkylation sites (tertiary alicyclic amines) is 1. The van der Waals surface area contributed by atoms with E-state index in [1.54, 1.807) is 11.8 Å². The first-order valence-corrected chi connectivity index (χ1v) is 8.65. The van der Waals surface area contributed by atoms with Crippen molar-refractivity contribution in [2.24, 2.45) is 0 Å². The molecular formula is C17H25N3O4. The van der Waals surface area contributed by atoms with Gasteiger partial charge in [0.1, 0.15) is 11.4 Å². The summed E-state index contributed by atoms with van der Waals surface area (Å²) >= 11 is 0. The van der Waals surface area contributed by atoms with Crippen LogP contribution in [0.25, 0.3) is 0 Å². The molecule has 1 aromatic rings. The third-order valence-corrected chi connectivity index (χ3v) is 5.14. The molecule has 1 unspecified atom stereocenters. The summed E-state index contributed by atoms with van der Waals surface area (Å²) < 4.78 is 10.8. The Morgan fingerprint density at radius 1 is 1.42 bits per heavy atom. The van der Waals surface area contributed by atoms with Crippen LogP contribution in [0.15, 0.2) is 10.8 Å². The van der Waals surface area contributed by atoms with E-state index in [-0.39, 0.29) is 18.0 Å². The molecule has 1 spiro atoms. The fourth-order valence-corrected chi connectivity index (χ4v) is 3.60. The van der Waals surface area contributed by atoms with Gasteiger partial charge < -0.3 is 19.0 Å². The Balaban J connectivity index is 1.62. The van der Waals surface area contributed by atoms with Gasteiger partial charge >= 0.3 is 6.09 Å². The van der Waals surface area contributed by atoms with Crippen molar-refractivity contribution < 1.29 is 18.7 Å². The number of nitrogens with zero attached hydrogens (tertiary/aromatic N) is 3. The normalized spacial score (nSPS) is 21.2. The highest BCUT2D eigenvalue weighted by Crippen LogP contribution is 2.35. The monoisotopic (exact) mass is 335 g/mol. The predicted molar refractivity (Wildman–Crippen MR) is 86.7 cm³/mol. The van der Waals surface area contributed by atoms with Crippen molar-refractivity contribution in [1.29, 1.82) is 0 Å². The molecule has 1 atom stereocenters. The van der Waals surface area contributed by atoms with E-state index >= 15 is 0 Å². The highest BCUT2D eigenvalue weighted by molar-refractivity contribution is 5.93. The summed E-state index contributed by atoms with van der Waals surface area (Å²) in [6, 6.07) is 0.194. The largest absolute Gasteiger partial charge is 0.448 e. The van der Waals surface area contributed by atoms with E-state index in [1.165, 1.54) is 6.39 Å². The predicted octanol–water partition coefficient (Wildman–Crippen LogP) is 2.60. The summed E-state index contributed by atoms with van der Waals surface area (Å²) in [5.74, 6) is 0.420. The van der Waals surface area contributed by atoms with Crippen LogP contribution in [0.1, 0.15) is 55.8 Å². The van der Waals surface area contributed by atoms with Gasteiger partial charge in [-0.3, -0.25) is 4.79 Å². The van der Waals surface area contributed by atoms with Crippen molar-refractivity contribution in [2.45, 2.75) is 58.1 Å². The summed E-state index contributed by atoms with van der Waals surface area (Å²) in [5, 5.41) is 0. The molecule has 0 aliphatic carbocycles. The molecule has 1 aromatic heterocycles. The summed E-state index contributed by atoms with van der Waals surface area (Å²) in [5.41, 5.74) is -0.0816. The number of carbonyl (C=O) groups is 2. The maximum atomic E-state index is 12.5. The topological polar surface area (TPSA) is 75.9 Å². The van der Waals surface area contributed by atoms with E-state index in [9.17, 15) is 9.59 Å². The number of hydrogen-bond donors (Lipinski definition) is 0. The van der Waals surface area contributed by atoms with Crippen LogP contribution in [0.3, 0.4) is 0 Å². The third kappa shape index (κ3) is 2.99. The molecule has 2 amide bonds. The van der Waals surface area contributed by atoms with Gasteiger partial charge in [0.25, 0.3) is 5.91 Å². The van der Waals surface area contributed by atoms with Gasteiger partial charge in [0, 0.05) is 32.0 Å². The zero-order chi connectivity index (χ0) is 17.3. The van der Waals surface area contributed by atoms with Gasteiger partial charge in [-0.25, -0.2) is 9.78 Å². The molecule has 0 saturated carbocycles. The van der Waals surface area contributed by atoms with E-state index in [1.807, 2.05) is 4.90 Å². The van der Waals surface area contributed by atoms with Gasteiger partial charge in [0.2, 0.25) is 0 Å². The molecule has 2 saturated heterocycles. The molecule has 0 N–H and O–H groups in total. The molecule has 3 rings (SSSR count). The van der Waals surface area contributed by atoms with E-state index in [2.05, 4.69) is 18.8 Å². The number of ether oxygens (including phenoxy) is 1. The molecular weight excluding hydrogens is 310 g/mol. The van der Waals surface area contributed by atoms with Gasteiger partial charge in [0.15, 0.2) is 12.1 Å². The lowest BCUT2D eigenvalue weighted by molar-refractivity contribution is 0.00288. The third-order valence-electron chi connectivity index (χ3n) is 5.14. The smallest absolute Gasteiger partial charge is 0.410 e. The molecule has 24 heavy (non-hydrogen) atoms. The maximum absolute atomic E-state index is 12.5. The fourth-order valence-electron chi connectivity index (χ4n) is 3.60. The molecule has 2 aliphatic rings. The molecule has 2 aliphatic heterocycles. The van der Waals surface area contributed by atoms with Gasteiger partial charge in [0.05, 0.1) is 6.54 Å². The number of oxazole rings is 1. The van der Waals surface area contributed by atoms with E-state index in [0.717, 1.165) is 12.8 Å². The number of aryl methyl sites for hydroxylation is 1. The van der Waals surface area contributed by atoms with Gasteiger partial charge in [-0.1, -0.05) is 13.3 Å². The first-order valence-electron chi connectivity index (χ1n) is 8.65. The maximum Gasteiger partial charge on any atom is 0.410 e. The average molecular weight is 335 g/mol. The van der Waals surface area contributed by atoms with Crippen molar-refractivity contribution in [2.75, 3.05) is 19.6 Å². The summed E-state index contributed by atoms with van der Waals surface area (Å²) in [7, 11) is 0. The number of rotatable bonds is 4. The van der Waals surface area contributed by atoms with Crippen LogP contribution >= 0.6 is 0 Å². The summed E-state index contributed by atoms with van der Waals surface area (Å²) in [6.07, 6.45) is 4.41. The van der Waals surface area contributed by atoms with Crippen molar-refractivity contribution in [3.05, 3.63) is 17.8 Å².